The van der Waals surface area contributed by atoms with E-state index in [1.807, 2.05) is 54.6 Å². The smallest absolute Gasteiger partial charge is 0.272 e. The van der Waals surface area contributed by atoms with E-state index in [-0.39, 0.29) is 5.02 Å². The fourth-order valence-corrected chi connectivity index (χ4v) is 4.30. The van der Waals surface area contributed by atoms with Gasteiger partial charge in [0.1, 0.15) is 6.04 Å². The molecule has 0 aliphatic carbocycles. The SMILES string of the molecule is CC(C(=O)N[C@H]1N=C(c2ccccc2)c2ccccc2N(C)C1=O)C(N=O)c1ccc(Cl)c(Cl)c1. The van der Waals surface area contributed by atoms with Gasteiger partial charge in [-0.1, -0.05) is 89.9 Å². The number of nitrogens with zero attached hydrogens (tertiary/aromatic N) is 3. The van der Waals surface area contributed by atoms with Gasteiger partial charge in [0, 0.05) is 18.2 Å². The van der Waals surface area contributed by atoms with Crippen molar-refractivity contribution in [2.45, 2.75) is 19.1 Å². The molecule has 0 radical (unpaired) electrons. The number of para-hydroxylation sites is 1. The van der Waals surface area contributed by atoms with Gasteiger partial charge in [0.15, 0.2) is 0 Å². The predicted molar refractivity (Wildman–Crippen MR) is 138 cm³/mol. The van der Waals surface area contributed by atoms with Crippen LogP contribution in [0.2, 0.25) is 10.0 Å². The number of likely N-dealkylation sites (N-methyl/N-ethyl adjacent to an activating group) is 1. The number of nitrogens with one attached hydrogen (secondary N) is 1. The zero-order valence-electron chi connectivity index (χ0n) is 19.0. The molecule has 3 aromatic rings. The number of benzodiazepines with no additional fused rings is 1. The maximum absolute atomic E-state index is 13.3. The number of aliphatic imine (C=N–C) groups is 1. The lowest BCUT2D eigenvalue weighted by atomic mass is 9.94. The summed E-state index contributed by atoms with van der Waals surface area (Å²) in [6.45, 7) is 1.56. The number of carbonyl (C=O) groups excluding carboxylic acids is 2. The van der Waals surface area contributed by atoms with Crippen molar-refractivity contribution in [1.82, 2.24) is 5.32 Å². The Morgan fingerprint density at radius 2 is 1.71 bits per heavy atom. The molecular weight excluding hydrogens is 487 g/mol. The topological polar surface area (TPSA) is 91.2 Å². The minimum atomic E-state index is -1.20. The van der Waals surface area contributed by atoms with Gasteiger partial charge in [0.25, 0.3) is 5.91 Å². The zero-order chi connectivity index (χ0) is 25.1. The lowest BCUT2D eigenvalue weighted by Gasteiger charge is -2.23. The summed E-state index contributed by atoms with van der Waals surface area (Å²) in [5.41, 5.74) is 3.27. The van der Waals surface area contributed by atoms with Gasteiger partial charge >= 0.3 is 0 Å². The Morgan fingerprint density at radius 1 is 1.03 bits per heavy atom. The first-order chi connectivity index (χ1) is 16.8. The predicted octanol–water partition coefficient (Wildman–Crippen LogP) is 5.39. The molecule has 2 unspecified atom stereocenters. The van der Waals surface area contributed by atoms with E-state index in [1.165, 1.54) is 11.0 Å². The number of nitroso groups, excluding NO2 is 1. The monoisotopic (exact) mass is 508 g/mol. The molecule has 35 heavy (non-hydrogen) atoms. The van der Waals surface area contributed by atoms with E-state index in [0.29, 0.717) is 22.0 Å². The van der Waals surface area contributed by atoms with Crippen LogP contribution in [-0.4, -0.2) is 30.7 Å². The Kier molecular flexibility index (Phi) is 7.28. The number of hydrogen-bond acceptors (Lipinski definition) is 5. The van der Waals surface area contributed by atoms with Gasteiger partial charge in [-0.05, 0) is 23.8 Å². The van der Waals surface area contributed by atoms with Crippen molar-refractivity contribution in [3.8, 4) is 0 Å². The highest BCUT2D eigenvalue weighted by Crippen LogP contribution is 2.32. The number of amides is 2. The molecule has 4 rings (SSSR count). The van der Waals surface area contributed by atoms with Crippen LogP contribution in [0.1, 0.15) is 29.7 Å². The molecule has 0 saturated carbocycles. The van der Waals surface area contributed by atoms with E-state index in [1.54, 1.807) is 26.1 Å². The van der Waals surface area contributed by atoms with Crippen molar-refractivity contribution >= 4 is 46.4 Å². The molecule has 0 bridgehead atoms. The number of rotatable bonds is 6. The van der Waals surface area contributed by atoms with Crippen LogP contribution in [0.15, 0.2) is 83.0 Å². The largest absolute Gasteiger partial charge is 0.326 e. The molecule has 1 N–H and O–H groups in total. The molecule has 0 saturated heterocycles. The second kappa shape index (κ2) is 10.4. The molecule has 178 valence electrons. The van der Waals surface area contributed by atoms with Crippen molar-refractivity contribution in [1.29, 1.82) is 0 Å². The highest BCUT2D eigenvalue weighted by Gasteiger charge is 2.34. The van der Waals surface area contributed by atoms with Crippen LogP contribution in [0.5, 0.6) is 0 Å². The number of halogens is 2. The molecule has 2 amide bonds. The number of hydrogen-bond donors (Lipinski definition) is 1. The average molecular weight is 509 g/mol. The van der Waals surface area contributed by atoms with Crippen LogP contribution in [0.3, 0.4) is 0 Å². The first-order valence-electron chi connectivity index (χ1n) is 10.9. The molecule has 3 atom stereocenters. The van der Waals surface area contributed by atoms with Crippen LogP contribution in [0.25, 0.3) is 0 Å². The standard InChI is InChI=1S/C26H22Cl2N4O3/c1-15(22(31-35)17-12-13-19(27)20(28)14-17)25(33)30-24-26(34)32(2)21-11-7-6-10-18(21)23(29-24)16-8-4-3-5-9-16/h3-15,22,24H,1-2H3,(H,30,33)/t15?,22?,24-/m1/s1. The second-order valence-corrected chi connectivity index (χ2v) is 9.00. The minimum absolute atomic E-state index is 0.251. The first kappa shape index (κ1) is 24.6. The van der Waals surface area contributed by atoms with Crippen LogP contribution in [-0.2, 0) is 9.59 Å². The van der Waals surface area contributed by atoms with E-state index in [0.717, 1.165) is 11.1 Å². The molecule has 0 spiro atoms. The summed E-state index contributed by atoms with van der Waals surface area (Å²) in [7, 11) is 1.64. The molecule has 1 heterocycles. The highest BCUT2D eigenvalue weighted by atomic mass is 35.5. The van der Waals surface area contributed by atoms with E-state index in [2.05, 4.69) is 15.5 Å². The summed E-state index contributed by atoms with van der Waals surface area (Å²) in [6.07, 6.45) is -1.20. The summed E-state index contributed by atoms with van der Waals surface area (Å²) in [5, 5.41) is 6.43. The van der Waals surface area contributed by atoms with Gasteiger partial charge < -0.3 is 10.2 Å². The third-order valence-corrected chi connectivity index (χ3v) is 6.69. The van der Waals surface area contributed by atoms with Gasteiger partial charge in [-0.3, -0.25) is 9.59 Å². The Morgan fingerprint density at radius 3 is 2.40 bits per heavy atom. The number of fused-ring (bicyclic) bond motifs is 1. The molecule has 7 nitrogen and oxygen atoms in total. The zero-order valence-corrected chi connectivity index (χ0v) is 20.5. The summed E-state index contributed by atoms with van der Waals surface area (Å²) >= 11 is 12.1. The Balaban J connectivity index is 1.68. The van der Waals surface area contributed by atoms with E-state index < -0.39 is 29.9 Å². The van der Waals surface area contributed by atoms with Gasteiger partial charge in [-0.25, -0.2) is 4.99 Å². The quantitative estimate of drug-likeness (QED) is 0.452. The number of anilines is 1. The molecule has 0 aromatic heterocycles. The first-order valence-corrected chi connectivity index (χ1v) is 11.7. The van der Waals surface area contributed by atoms with Crippen LogP contribution < -0.4 is 10.2 Å². The van der Waals surface area contributed by atoms with Crippen LogP contribution in [0.4, 0.5) is 5.69 Å². The van der Waals surface area contributed by atoms with Crippen molar-refractivity contribution in [3.63, 3.8) is 0 Å². The summed E-state index contributed by atoms with van der Waals surface area (Å²) in [4.78, 5) is 44.4. The maximum Gasteiger partial charge on any atom is 0.272 e. The van der Waals surface area contributed by atoms with Crippen molar-refractivity contribution < 1.29 is 9.59 Å². The lowest BCUT2D eigenvalue weighted by molar-refractivity contribution is -0.129. The van der Waals surface area contributed by atoms with E-state index in [9.17, 15) is 14.5 Å². The summed E-state index contributed by atoms with van der Waals surface area (Å²) < 4.78 is 0. The number of benzene rings is 3. The summed E-state index contributed by atoms with van der Waals surface area (Å²) in [5.74, 6) is -1.85. The summed E-state index contributed by atoms with van der Waals surface area (Å²) in [6, 6.07) is 20.5. The third-order valence-electron chi connectivity index (χ3n) is 5.96. The highest BCUT2D eigenvalue weighted by molar-refractivity contribution is 6.42. The van der Waals surface area contributed by atoms with Gasteiger partial charge in [0.05, 0.1) is 27.4 Å². The molecule has 1 aliphatic rings. The van der Waals surface area contributed by atoms with Crippen molar-refractivity contribution in [2.24, 2.45) is 16.1 Å². The van der Waals surface area contributed by atoms with Gasteiger partial charge in [-0.2, -0.15) is 4.91 Å². The fourth-order valence-electron chi connectivity index (χ4n) is 3.99. The normalized spacial score (nSPS) is 17.0. The Labute approximate surface area is 212 Å². The molecule has 3 aromatic carbocycles. The fraction of sp³-hybridized carbons (Fsp3) is 0.192. The van der Waals surface area contributed by atoms with Gasteiger partial charge in [0.2, 0.25) is 12.1 Å². The molecule has 0 fully saturated rings. The third kappa shape index (κ3) is 4.97. The van der Waals surface area contributed by atoms with Crippen LogP contribution >= 0.6 is 23.2 Å². The van der Waals surface area contributed by atoms with Gasteiger partial charge in [-0.15, -0.1) is 0 Å². The van der Waals surface area contributed by atoms with Crippen molar-refractivity contribution in [2.75, 3.05) is 11.9 Å². The number of carbonyl (C=O) groups is 2. The lowest BCUT2D eigenvalue weighted by Crippen LogP contribution is -2.48. The van der Waals surface area contributed by atoms with E-state index >= 15 is 0 Å². The minimum Gasteiger partial charge on any atom is -0.326 e. The molecular formula is C26H22Cl2N4O3. The van der Waals surface area contributed by atoms with E-state index in [4.69, 9.17) is 23.2 Å². The second-order valence-electron chi connectivity index (χ2n) is 8.18. The Hall–Kier alpha value is -3.55. The maximum atomic E-state index is 13.3. The average Bonchev–Trinajstić information content (AvgIpc) is 2.97. The van der Waals surface area contributed by atoms with Crippen molar-refractivity contribution in [3.05, 3.63) is 104 Å². The van der Waals surface area contributed by atoms with Crippen LogP contribution in [0, 0.1) is 10.8 Å². The Bertz CT molecular complexity index is 1310. The molecule has 9 heteroatoms. The molecule has 1 aliphatic heterocycles.